The molecule has 1 atom stereocenters. The van der Waals surface area contributed by atoms with Crippen molar-refractivity contribution in [3.8, 4) is 0 Å². The Balaban J connectivity index is 1.72. The van der Waals surface area contributed by atoms with Gasteiger partial charge >= 0.3 is 0 Å². The van der Waals surface area contributed by atoms with Crippen molar-refractivity contribution in [3.63, 3.8) is 0 Å². The number of nitrogens with one attached hydrogen (secondary N) is 1. The molecule has 1 aromatic rings. The number of benzene rings is 1. The Bertz CT molecular complexity index is 788. The molecule has 2 saturated heterocycles. The number of piperidine rings is 1. The van der Waals surface area contributed by atoms with Crippen LogP contribution < -0.4 is 5.32 Å². The second-order valence-corrected chi connectivity index (χ2v) is 9.94. The molecule has 156 valence electrons. The summed E-state index contributed by atoms with van der Waals surface area (Å²) >= 11 is 6.20. The number of hydrogen-bond acceptors (Lipinski definition) is 4. The molecule has 2 heterocycles. The summed E-state index contributed by atoms with van der Waals surface area (Å²) in [4.78, 5) is 15.1. The third-order valence-corrected chi connectivity index (χ3v) is 8.13. The van der Waals surface area contributed by atoms with Gasteiger partial charge in [-0.25, -0.2) is 8.42 Å². The van der Waals surface area contributed by atoms with Gasteiger partial charge in [-0.2, -0.15) is 4.31 Å². The Morgan fingerprint density at radius 3 is 2.39 bits per heavy atom. The standard InChI is InChI=1S/C20H30ClN3O3S/c1-2-17(23-10-6-7-11-23)15-22-20(25)16-8-9-18(21)19(14-16)28(26,27)24-12-4-3-5-13-24/h8-9,14,17H,2-7,10-13,15H2,1H3,(H,22,25). The van der Waals surface area contributed by atoms with E-state index in [4.69, 9.17) is 11.6 Å². The van der Waals surface area contributed by atoms with E-state index in [0.717, 1.165) is 38.8 Å². The molecule has 2 aliphatic heterocycles. The third kappa shape index (κ3) is 4.87. The summed E-state index contributed by atoms with van der Waals surface area (Å²) in [6.45, 7) is 5.85. The number of hydrogen-bond donors (Lipinski definition) is 1. The van der Waals surface area contributed by atoms with Crippen LogP contribution >= 0.6 is 11.6 Å². The van der Waals surface area contributed by atoms with E-state index in [9.17, 15) is 13.2 Å². The average molecular weight is 428 g/mol. The fourth-order valence-electron chi connectivity index (χ4n) is 4.04. The predicted octanol–water partition coefficient (Wildman–Crippen LogP) is 3.12. The zero-order valence-electron chi connectivity index (χ0n) is 16.5. The van der Waals surface area contributed by atoms with Gasteiger partial charge in [-0.05, 0) is 63.4 Å². The molecule has 0 saturated carbocycles. The van der Waals surface area contributed by atoms with E-state index in [1.165, 1.54) is 29.3 Å². The Morgan fingerprint density at radius 2 is 1.75 bits per heavy atom. The normalized spacial score (nSPS) is 20.2. The molecular formula is C20H30ClN3O3S. The Labute approximate surface area is 173 Å². The second kappa shape index (κ2) is 9.57. The van der Waals surface area contributed by atoms with Gasteiger partial charge < -0.3 is 5.32 Å². The molecule has 8 heteroatoms. The van der Waals surface area contributed by atoms with E-state index >= 15 is 0 Å². The highest BCUT2D eigenvalue weighted by molar-refractivity contribution is 7.89. The van der Waals surface area contributed by atoms with Crippen LogP contribution in [0.4, 0.5) is 0 Å². The SMILES string of the molecule is CCC(CNC(=O)c1ccc(Cl)c(S(=O)(=O)N2CCCCC2)c1)N1CCCC1. The minimum absolute atomic E-state index is 0.0234. The summed E-state index contributed by atoms with van der Waals surface area (Å²) in [5, 5.41) is 3.13. The lowest BCUT2D eigenvalue weighted by atomic mass is 10.1. The van der Waals surface area contributed by atoms with Crippen LogP contribution in [0.1, 0.15) is 55.8 Å². The lowest BCUT2D eigenvalue weighted by Crippen LogP contribution is -2.42. The first kappa shape index (κ1) is 21.6. The molecule has 2 fully saturated rings. The number of sulfonamides is 1. The van der Waals surface area contributed by atoms with Gasteiger partial charge in [0.2, 0.25) is 10.0 Å². The van der Waals surface area contributed by atoms with Crippen molar-refractivity contribution in [3.05, 3.63) is 28.8 Å². The van der Waals surface area contributed by atoms with Crippen molar-refractivity contribution in [2.45, 2.75) is 56.4 Å². The van der Waals surface area contributed by atoms with Crippen LogP contribution in [0.5, 0.6) is 0 Å². The predicted molar refractivity (Wildman–Crippen MR) is 111 cm³/mol. The first-order chi connectivity index (χ1) is 13.4. The van der Waals surface area contributed by atoms with Gasteiger partial charge in [-0.3, -0.25) is 9.69 Å². The van der Waals surface area contributed by atoms with E-state index in [0.29, 0.717) is 31.2 Å². The number of halogens is 1. The van der Waals surface area contributed by atoms with E-state index in [-0.39, 0.29) is 15.8 Å². The first-order valence-corrected chi connectivity index (χ1v) is 12.1. The molecule has 0 aromatic heterocycles. The second-order valence-electron chi connectivity index (χ2n) is 7.63. The highest BCUT2D eigenvalue weighted by Crippen LogP contribution is 2.28. The van der Waals surface area contributed by atoms with Crippen LogP contribution in [0.25, 0.3) is 0 Å². The molecule has 6 nitrogen and oxygen atoms in total. The van der Waals surface area contributed by atoms with Gasteiger partial charge in [0.15, 0.2) is 0 Å². The molecule has 1 amide bonds. The fourth-order valence-corrected chi connectivity index (χ4v) is 6.06. The Hall–Kier alpha value is -1.15. The minimum atomic E-state index is -3.68. The van der Waals surface area contributed by atoms with E-state index in [2.05, 4.69) is 17.1 Å². The maximum Gasteiger partial charge on any atom is 0.251 e. The topological polar surface area (TPSA) is 69.7 Å². The molecule has 28 heavy (non-hydrogen) atoms. The zero-order chi connectivity index (χ0) is 20.1. The number of carbonyl (C=O) groups is 1. The minimum Gasteiger partial charge on any atom is -0.350 e. The molecule has 3 rings (SSSR count). The van der Waals surface area contributed by atoms with Gasteiger partial charge in [-0.1, -0.05) is 24.9 Å². The average Bonchev–Trinajstić information content (AvgIpc) is 3.24. The molecular weight excluding hydrogens is 398 g/mol. The number of rotatable bonds is 7. The van der Waals surface area contributed by atoms with Gasteiger partial charge in [0.25, 0.3) is 5.91 Å². The van der Waals surface area contributed by atoms with Crippen LogP contribution in [-0.4, -0.2) is 62.3 Å². The first-order valence-electron chi connectivity index (χ1n) is 10.3. The molecule has 1 N–H and O–H groups in total. The summed E-state index contributed by atoms with van der Waals surface area (Å²) in [6, 6.07) is 4.82. The fraction of sp³-hybridized carbons (Fsp3) is 0.650. The van der Waals surface area contributed by atoms with E-state index in [1.54, 1.807) is 6.07 Å². The quantitative estimate of drug-likeness (QED) is 0.725. The summed E-state index contributed by atoms with van der Waals surface area (Å²) in [5.41, 5.74) is 0.330. The van der Waals surface area contributed by atoms with Gasteiger partial charge in [0, 0.05) is 31.2 Å². The third-order valence-electron chi connectivity index (χ3n) is 5.75. The molecule has 2 aliphatic rings. The molecule has 1 unspecified atom stereocenters. The largest absolute Gasteiger partial charge is 0.350 e. The smallest absolute Gasteiger partial charge is 0.251 e. The summed E-state index contributed by atoms with van der Waals surface area (Å²) < 4.78 is 27.4. The molecule has 0 radical (unpaired) electrons. The molecule has 0 aliphatic carbocycles. The highest BCUT2D eigenvalue weighted by Gasteiger charge is 2.29. The van der Waals surface area contributed by atoms with Crippen LogP contribution in [0, 0.1) is 0 Å². The van der Waals surface area contributed by atoms with Crippen molar-refractivity contribution in [2.24, 2.45) is 0 Å². The maximum absolute atomic E-state index is 13.0. The zero-order valence-corrected chi connectivity index (χ0v) is 18.1. The van der Waals surface area contributed by atoms with E-state index < -0.39 is 10.0 Å². The molecule has 0 spiro atoms. The Kier molecular flexibility index (Phi) is 7.36. The van der Waals surface area contributed by atoms with Gasteiger partial charge in [0.1, 0.15) is 4.90 Å². The maximum atomic E-state index is 13.0. The molecule has 1 aromatic carbocycles. The van der Waals surface area contributed by atoms with Gasteiger partial charge in [0.05, 0.1) is 5.02 Å². The van der Waals surface area contributed by atoms with Crippen LogP contribution in [0.2, 0.25) is 5.02 Å². The van der Waals surface area contributed by atoms with Crippen molar-refractivity contribution < 1.29 is 13.2 Å². The van der Waals surface area contributed by atoms with Crippen molar-refractivity contribution in [1.29, 1.82) is 0 Å². The lowest BCUT2D eigenvalue weighted by molar-refractivity contribution is 0.0937. The number of nitrogens with zero attached hydrogens (tertiary/aromatic N) is 2. The lowest BCUT2D eigenvalue weighted by Gasteiger charge is -2.27. The molecule has 0 bridgehead atoms. The summed E-state index contributed by atoms with van der Waals surface area (Å²) in [7, 11) is -3.68. The number of amides is 1. The monoisotopic (exact) mass is 427 g/mol. The van der Waals surface area contributed by atoms with Crippen molar-refractivity contribution in [1.82, 2.24) is 14.5 Å². The van der Waals surface area contributed by atoms with Crippen molar-refractivity contribution >= 4 is 27.5 Å². The highest BCUT2D eigenvalue weighted by atomic mass is 35.5. The number of likely N-dealkylation sites (tertiary alicyclic amines) is 1. The number of carbonyl (C=O) groups excluding carboxylic acids is 1. The van der Waals surface area contributed by atoms with Crippen molar-refractivity contribution in [2.75, 3.05) is 32.7 Å². The van der Waals surface area contributed by atoms with Gasteiger partial charge in [-0.15, -0.1) is 0 Å². The summed E-state index contributed by atoms with van der Waals surface area (Å²) in [5.74, 6) is -0.260. The van der Waals surface area contributed by atoms with Crippen LogP contribution in [-0.2, 0) is 10.0 Å². The van der Waals surface area contributed by atoms with Crippen LogP contribution in [0.15, 0.2) is 23.1 Å². The van der Waals surface area contributed by atoms with Crippen LogP contribution in [0.3, 0.4) is 0 Å². The van der Waals surface area contributed by atoms with E-state index in [1.807, 2.05) is 0 Å². The summed E-state index contributed by atoms with van der Waals surface area (Å²) in [6.07, 6.45) is 6.13. The Morgan fingerprint density at radius 1 is 1.11 bits per heavy atom.